The zero-order valence-electron chi connectivity index (χ0n) is 11.0. The molecule has 1 aromatic carbocycles. The van der Waals surface area contributed by atoms with Crippen molar-refractivity contribution in [2.45, 2.75) is 31.2 Å². The molecule has 4 nitrogen and oxygen atoms in total. The van der Waals surface area contributed by atoms with Crippen molar-refractivity contribution in [1.29, 1.82) is 0 Å². The van der Waals surface area contributed by atoms with Crippen LogP contribution in [-0.4, -0.2) is 8.42 Å². The van der Waals surface area contributed by atoms with Gasteiger partial charge in [-0.15, -0.1) is 0 Å². The second-order valence-corrected chi connectivity index (χ2v) is 6.39. The summed E-state index contributed by atoms with van der Waals surface area (Å²) in [5.74, 6) is 0.968. The molecule has 2 rings (SSSR count). The van der Waals surface area contributed by atoms with Crippen LogP contribution in [0.2, 0.25) is 0 Å². The van der Waals surface area contributed by atoms with Crippen LogP contribution in [0.1, 0.15) is 31.1 Å². The predicted octanol–water partition coefficient (Wildman–Crippen LogP) is 2.88. The smallest absolute Gasteiger partial charge is 0.240 e. The molecule has 1 aromatic heterocycles. The molecule has 0 atom stereocenters. The molecule has 0 aliphatic carbocycles. The lowest BCUT2D eigenvalue weighted by atomic mass is 10.0. The minimum atomic E-state index is -3.49. The van der Waals surface area contributed by atoms with Crippen molar-refractivity contribution >= 4 is 10.0 Å². The number of nitrogens with one attached hydrogen (secondary N) is 1. The highest BCUT2D eigenvalue weighted by Crippen LogP contribution is 2.17. The highest BCUT2D eigenvalue weighted by atomic mass is 32.2. The number of hydrogen-bond donors (Lipinski definition) is 1. The molecule has 0 aliphatic heterocycles. The molecule has 0 aliphatic rings. The zero-order chi connectivity index (χ0) is 13.9. The first-order chi connectivity index (χ1) is 8.99. The topological polar surface area (TPSA) is 59.3 Å². The van der Waals surface area contributed by atoms with Gasteiger partial charge >= 0.3 is 0 Å². The molecule has 0 fully saturated rings. The van der Waals surface area contributed by atoms with Gasteiger partial charge < -0.3 is 4.42 Å². The van der Waals surface area contributed by atoms with Gasteiger partial charge in [-0.1, -0.05) is 26.0 Å². The van der Waals surface area contributed by atoms with E-state index in [1.807, 2.05) is 12.1 Å². The number of sulfonamides is 1. The van der Waals surface area contributed by atoms with E-state index in [2.05, 4.69) is 18.6 Å². The van der Waals surface area contributed by atoms with Crippen LogP contribution < -0.4 is 4.72 Å². The number of hydrogen-bond acceptors (Lipinski definition) is 3. The summed E-state index contributed by atoms with van der Waals surface area (Å²) >= 11 is 0. The van der Waals surface area contributed by atoms with Gasteiger partial charge in [0.15, 0.2) is 0 Å². The third-order valence-electron chi connectivity index (χ3n) is 2.87. The van der Waals surface area contributed by atoms with Crippen LogP contribution in [0.25, 0.3) is 0 Å². The van der Waals surface area contributed by atoms with Gasteiger partial charge in [-0.2, -0.15) is 0 Å². The highest BCUT2D eigenvalue weighted by molar-refractivity contribution is 7.89. The number of rotatable bonds is 5. The fourth-order valence-electron chi connectivity index (χ4n) is 1.69. The van der Waals surface area contributed by atoms with Gasteiger partial charge in [0.2, 0.25) is 10.0 Å². The average Bonchev–Trinajstić information content (AvgIpc) is 2.90. The van der Waals surface area contributed by atoms with Gasteiger partial charge in [-0.3, -0.25) is 0 Å². The zero-order valence-corrected chi connectivity index (χ0v) is 11.8. The molecule has 0 bridgehead atoms. The number of benzene rings is 1. The van der Waals surface area contributed by atoms with Gasteiger partial charge in [-0.25, -0.2) is 13.1 Å². The van der Waals surface area contributed by atoms with Crippen LogP contribution >= 0.6 is 0 Å². The van der Waals surface area contributed by atoms with Crippen molar-refractivity contribution in [1.82, 2.24) is 4.72 Å². The van der Waals surface area contributed by atoms with E-state index >= 15 is 0 Å². The molecule has 0 unspecified atom stereocenters. The summed E-state index contributed by atoms with van der Waals surface area (Å²) in [7, 11) is -3.49. The van der Waals surface area contributed by atoms with Crippen LogP contribution in [0.4, 0.5) is 0 Å². The molecule has 1 N–H and O–H groups in total. The van der Waals surface area contributed by atoms with Crippen LogP contribution in [0.3, 0.4) is 0 Å². The molecule has 0 radical (unpaired) electrons. The Balaban J connectivity index is 2.10. The molecule has 102 valence electrons. The maximum absolute atomic E-state index is 12.1. The number of furan rings is 1. The molecule has 0 saturated heterocycles. The standard InChI is InChI=1S/C14H17NO3S/c1-11(2)12-5-7-14(8-6-12)19(16,17)15-10-13-4-3-9-18-13/h3-9,11,15H,10H2,1-2H3. The molecule has 0 saturated carbocycles. The first-order valence-electron chi connectivity index (χ1n) is 6.11. The van der Waals surface area contributed by atoms with E-state index in [0.29, 0.717) is 11.7 Å². The molecule has 5 heteroatoms. The maximum Gasteiger partial charge on any atom is 0.240 e. The first kappa shape index (κ1) is 13.8. The molecule has 1 heterocycles. The van der Waals surface area contributed by atoms with E-state index in [-0.39, 0.29) is 11.4 Å². The van der Waals surface area contributed by atoms with Gasteiger partial charge in [-0.05, 0) is 35.7 Å². The Morgan fingerprint density at radius 2 is 1.84 bits per heavy atom. The normalized spacial score (nSPS) is 11.9. The van der Waals surface area contributed by atoms with Gasteiger partial charge in [0, 0.05) is 0 Å². The van der Waals surface area contributed by atoms with E-state index in [9.17, 15) is 8.42 Å². The molecule has 19 heavy (non-hydrogen) atoms. The summed E-state index contributed by atoms with van der Waals surface area (Å²) < 4.78 is 31.7. The van der Waals surface area contributed by atoms with Crippen molar-refractivity contribution in [3.63, 3.8) is 0 Å². The predicted molar refractivity (Wildman–Crippen MR) is 73.3 cm³/mol. The van der Waals surface area contributed by atoms with E-state index < -0.39 is 10.0 Å². The van der Waals surface area contributed by atoms with Crippen molar-refractivity contribution < 1.29 is 12.8 Å². The summed E-state index contributed by atoms with van der Waals surface area (Å²) in [6.07, 6.45) is 1.51. The molecule has 2 aromatic rings. The lowest BCUT2D eigenvalue weighted by molar-refractivity contribution is 0.498. The van der Waals surface area contributed by atoms with E-state index in [4.69, 9.17) is 4.42 Å². The summed E-state index contributed by atoms with van der Waals surface area (Å²) in [6.45, 7) is 4.29. The highest BCUT2D eigenvalue weighted by Gasteiger charge is 2.14. The minimum absolute atomic E-state index is 0.154. The van der Waals surface area contributed by atoms with Gasteiger partial charge in [0.25, 0.3) is 0 Å². The lowest BCUT2D eigenvalue weighted by Crippen LogP contribution is -2.23. The maximum atomic E-state index is 12.1. The molecule has 0 amide bonds. The summed E-state index contributed by atoms with van der Waals surface area (Å²) in [5.41, 5.74) is 1.12. The third-order valence-corrected chi connectivity index (χ3v) is 4.29. The quantitative estimate of drug-likeness (QED) is 0.915. The van der Waals surface area contributed by atoms with Crippen LogP contribution in [0.15, 0.2) is 52.0 Å². The van der Waals surface area contributed by atoms with Crippen molar-refractivity contribution in [2.75, 3.05) is 0 Å². The summed E-state index contributed by atoms with van der Waals surface area (Å²) in [5, 5.41) is 0. The fourth-order valence-corrected chi connectivity index (χ4v) is 2.69. The Morgan fingerprint density at radius 1 is 1.16 bits per heavy atom. The van der Waals surface area contributed by atoms with Gasteiger partial charge in [0.05, 0.1) is 17.7 Å². The summed E-state index contributed by atoms with van der Waals surface area (Å²) in [6, 6.07) is 10.4. The SMILES string of the molecule is CC(C)c1ccc(S(=O)(=O)NCc2ccco2)cc1. The largest absolute Gasteiger partial charge is 0.468 e. The van der Waals surface area contributed by atoms with E-state index in [1.54, 1.807) is 24.3 Å². The van der Waals surface area contributed by atoms with Crippen molar-refractivity contribution in [3.8, 4) is 0 Å². The molecular formula is C14H17NO3S. The Hall–Kier alpha value is -1.59. The molecule has 0 spiro atoms. The van der Waals surface area contributed by atoms with Crippen LogP contribution in [0.5, 0.6) is 0 Å². The molecular weight excluding hydrogens is 262 g/mol. The van der Waals surface area contributed by atoms with Gasteiger partial charge in [0.1, 0.15) is 5.76 Å². The van der Waals surface area contributed by atoms with E-state index in [0.717, 1.165) is 5.56 Å². The Bertz CT molecular complexity index is 613. The Labute approximate surface area is 113 Å². The first-order valence-corrected chi connectivity index (χ1v) is 7.59. The van der Waals surface area contributed by atoms with Crippen molar-refractivity contribution in [3.05, 3.63) is 54.0 Å². The fraction of sp³-hybridized carbons (Fsp3) is 0.286. The Kier molecular flexibility index (Phi) is 4.07. The summed E-state index contributed by atoms with van der Waals surface area (Å²) in [4.78, 5) is 0.267. The third kappa shape index (κ3) is 3.45. The second-order valence-electron chi connectivity index (χ2n) is 4.63. The lowest BCUT2D eigenvalue weighted by Gasteiger charge is -2.08. The van der Waals surface area contributed by atoms with Crippen LogP contribution in [-0.2, 0) is 16.6 Å². The van der Waals surface area contributed by atoms with Crippen molar-refractivity contribution in [2.24, 2.45) is 0 Å². The second kappa shape index (κ2) is 5.59. The monoisotopic (exact) mass is 279 g/mol. The van der Waals surface area contributed by atoms with Crippen LogP contribution in [0, 0.1) is 0 Å². The minimum Gasteiger partial charge on any atom is -0.468 e. The average molecular weight is 279 g/mol. The Morgan fingerprint density at radius 3 is 2.37 bits per heavy atom. The van der Waals surface area contributed by atoms with E-state index in [1.165, 1.54) is 6.26 Å².